The van der Waals surface area contributed by atoms with E-state index in [1.807, 2.05) is 5.43 Å². The molecule has 3 amide bonds. The monoisotopic (exact) mass is 253 g/mol. The van der Waals surface area contributed by atoms with Crippen molar-refractivity contribution in [1.82, 2.24) is 10.3 Å². The Morgan fingerprint density at radius 3 is 2.59 bits per heavy atom. The van der Waals surface area contributed by atoms with E-state index < -0.39 is 0 Å². The van der Waals surface area contributed by atoms with Crippen LogP contribution in [0.4, 0.5) is 0 Å². The van der Waals surface area contributed by atoms with Crippen LogP contribution in [-0.4, -0.2) is 22.6 Å². The van der Waals surface area contributed by atoms with E-state index in [0.29, 0.717) is 4.88 Å². The molecular weight excluding hydrogens is 242 g/mol. The van der Waals surface area contributed by atoms with Gasteiger partial charge in [0.1, 0.15) is 0 Å². The summed E-state index contributed by atoms with van der Waals surface area (Å²) in [7, 11) is 0. The topological polar surface area (TPSA) is 92.5 Å². The van der Waals surface area contributed by atoms with E-state index in [1.165, 1.54) is 16.2 Å². The van der Waals surface area contributed by atoms with Gasteiger partial charge < -0.3 is 0 Å². The van der Waals surface area contributed by atoms with Crippen molar-refractivity contribution in [2.24, 2.45) is 5.84 Å². The Hall–Kier alpha value is -1.73. The van der Waals surface area contributed by atoms with E-state index in [9.17, 15) is 14.4 Å². The molecule has 0 atom stereocenters. The van der Waals surface area contributed by atoms with Crippen molar-refractivity contribution >= 4 is 29.1 Å². The number of likely N-dealkylation sites (tertiary alicyclic amines) is 1. The molecule has 17 heavy (non-hydrogen) atoms. The lowest BCUT2D eigenvalue weighted by molar-refractivity contribution is -0.138. The number of carbonyl (C=O) groups excluding carboxylic acids is 3. The van der Waals surface area contributed by atoms with Crippen molar-refractivity contribution in [1.29, 1.82) is 0 Å². The third-order valence-corrected chi connectivity index (χ3v) is 3.55. The number of thiophene rings is 1. The molecule has 0 spiro atoms. The van der Waals surface area contributed by atoms with E-state index in [-0.39, 0.29) is 37.1 Å². The minimum absolute atomic E-state index is 0.159. The van der Waals surface area contributed by atoms with Crippen LogP contribution in [0.2, 0.25) is 0 Å². The first-order chi connectivity index (χ1) is 8.11. The third-order valence-electron chi connectivity index (χ3n) is 2.49. The molecule has 2 heterocycles. The zero-order valence-corrected chi connectivity index (χ0v) is 9.75. The number of nitrogens with one attached hydrogen (secondary N) is 1. The molecule has 6 nitrogen and oxygen atoms in total. The second-order valence-corrected chi connectivity index (χ2v) is 4.78. The molecule has 2 rings (SSSR count). The average Bonchev–Trinajstić information content (AvgIpc) is 2.90. The molecule has 0 saturated carbocycles. The normalized spacial score (nSPS) is 15.5. The molecule has 0 aromatic carbocycles. The Morgan fingerprint density at radius 1 is 1.35 bits per heavy atom. The molecule has 1 aliphatic heterocycles. The second-order valence-electron chi connectivity index (χ2n) is 3.61. The maximum absolute atomic E-state index is 11.4. The predicted octanol–water partition coefficient (Wildman–Crippen LogP) is 0.000600. The second kappa shape index (κ2) is 4.64. The number of hydrogen-bond acceptors (Lipinski definition) is 5. The minimum Gasteiger partial charge on any atom is -0.289 e. The van der Waals surface area contributed by atoms with Gasteiger partial charge in [0, 0.05) is 17.7 Å². The van der Waals surface area contributed by atoms with Crippen LogP contribution in [0, 0.1) is 0 Å². The van der Waals surface area contributed by atoms with E-state index in [2.05, 4.69) is 0 Å². The van der Waals surface area contributed by atoms with Crippen molar-refractivity contribution in [2.75, 3.05) is 0 Å². The molecule has 1 aromatic rings. The van der Waals surface area contributed by atoms with E-state index >= 15 is 0 Å². The van der Waals surface area contributed by atoms with Gasteiger partial charge in [0.2, 0.25) is 11.8 Å². The van der Waals surface area contributed by atoms with Gasteiger partial charge in [0.25, 0.3) is 5.91 Å². The Balaban J connectivity index is 2.09. The Bertz CT molecular complexity index is 467. The first-order valence-corrected chi connectivity index (χ1v) is 5.86. The van der Waals surface area contributed by atoms with Crippen LogP contribution in [0.5, 0.6) is 0 Å². The van der Waals surface area contributed by atoms with Gasteiger partial charge in [0.05, 0.1) is 11.4 Å². The van der Waals surface area contributed by atoms with Crippen molar-refractivity contribution in [3.05, 3.63) is 21.9 Å². The summed E-state index contributed by atoms with van der Waals surface area (Å²) in [5, 5.41) is 0. The number of imide groups is 1. The van der Waals surface area contributed by atoms with Crippen LogP contribution in [0.1, 0.15) is 27.4 Å². The summed E-state index contributed by atoms with van der Waals surface area (Å²) in [6, 6.07) is 3.33. The van der Waals surface area contributed by atoms with Gasteiger partial charge in [-0.25, -0.2) is 5.84 Å². The van der Waals surface area contributed by atoms with Gasteiger partial charge in [-0.1, -0.05) is 0 Å². The summed E-state index contributed by atoms with van der Waals surface area (Å²) < 4.78 is 0. The number of hydrazine groups is 1. The van der Waals surface area contributed by atoms with E-state index in [1.54, 1.807) is 12.1 Å². The van der Waals surface area contributed by atoms with Gasteiger partial charge in [-0.3, -0.25) is 24.7 Å². The number of rotatable bonds is 3. The Labute approximate surface area is 101 Å². The number of nitrogen functional groups attached to an aromatic ring is 1. The minimum atomic E-state index is -0.375. The smallest absolute Gasteiger partial charge is 0.275 e. The molecule has 3 N–H and O–H groups in total. The summed E-state index contributed by atoms with van der Waals surface area (Å²) in [4.78, 5) is 36.5. The highest BCUT2D eigenvalue weighted by Gasteiger charge is 2.29. The fourth-order valence-electron chi connectivity index (χ4n) is 1.61. The molecule has 0 radical (unpaired) electrons. The number of nitrogens with two attached hydrogens (primary N) is 1. The molecule has 7 heteroatoms. The highest BCUT2D eigenvalue weighted by molar-refractivity contribution is 7.14. The lowest BCUT2D eigenvalue weighted by Gasteiger charge is -2.11. The van der Waals surface area contributed by atoms with Crippen molar-refractivity contribution in [3.63, 3.8) is 0 Å². The summed E-state index contributed by atoms with van der Waals surface area (Å²) in [5.74, 6) is 4.32. The number of amides is 3. The summed E-state index contributed by atoms with van der Waals surface area (Å²) in [5.41, 5.74) is 2.03. The van der Waals surface area contributed by atoms with E-state index in [0.717, 1.165) is 4.88 Å². The molecule has 90 valence electrons. The molecule has 1 fully saturated rings. The average molecular weight is 253 g/mol. The highest BCUT2D eigenvalue weighted by Crippen LogP contribution is 2.21. The standard InChI is InChI=1S/C10H11N3O3S/c11-12-10(16)7-2-1-6(17-7)5-13-8(14)3-4-9(13)15/h1-2H,3-5,11H2,(H,12,16). The molecule has 0 aliphatic carbocycles. The summed E-state index contributed by atoms with van der Waals surface area (Å²) >= 11 is 1.22. The van der Waals surface area contributed by atoms with Crippen LogP contribution in [0.3, 0.4) is 0 Å². The number of nitrogens with zero attached hydrogens (tertiary/aromatic N) is 1. The van der Waals surface area contributed by atoms with Gasteiger partial charge in [-0.2, -0.15) is 0 Å². The number of hydrogen-bond donors (Lipinski definition) is 2. The molecule has 1 aromatic heterocycles. The third kappa shape index (κ3) is 2.34. The van der Waals surface area contributed by atoms with Gasteiger partial charge >= 0.3 is 0 Å². The molecule has 1 aliphatic rings. The zero-order valence-electron chi connectivity index (χ0n) is 8.93. The van der Waals surface area contributed by atoms with Crippen LogP contribution >= 0.6 is 11.3 Å². The van der Waals surface area contributed by atoms with Crippen LogP contribution < -0.4 is 11.3 Å². The molecule has 1 saturated heterocycles. The van der Waals surface area contributed by atoms with Crippen LogP contribution in [0.25, 0.3) is 0 Å². The molecular formula is C10H11N3O3S. The van der Waals surface area contributed by atoms with E-state index in [4.69, 9.17) is 5.84 Å². The number of carbonyl (C=O) groups is 3. The van der Waals surface area contributed by atoms with Gasteiger partial charge in [-0.15, -0.1) is 11.3 Å². The Kier molecular flexibility index (Phi) is 3.21. The fraction of sp³-hybridized carbons (Fsp3) is 0.300. The fourth-order valence-corrected chi connectivity index (χ4v) is 2.51. The largest absolute Gasteiger partial charge is 0.289 e. The van der Waals surface area contributed by atoms with Crippen LogP contribution in [0.15, 0.2) is 12.1 Å². The van der Waals surface area contributed by atoms with Gasteiger partial charge in [-0.05, 0) is 12.1 Å². The maximum Gasteiger partial charge on any atom is 0.275 e. The summed E-state index contributed by atoms with van der Waals surface area (Å²) in [6.07, 6.45) is 0.556. The Morgan fingerprint density at radius 2 is 2.00 bits per heavy atom. The lowest BCUT2D eigenvalue weighted by atomic mass is 10.4. The van der Waals surface area contributed by atoms with Crippen molar-refractivity contribution in [3.8, 4) is 0 Å². The molecule has 0 bridgehead atoms. The lowest BCUT2D eigenvalue weighted by Crippen LogP contribution is -2.29. The quantitative estimate of drug-likeness (QED) is 0.343. The molecule has 0 unspecified atom stereocenters. The maximum atomic E-state index is 11.4. The first kappa shape index (κ1) is 11.7. The first-order valence-electron chi connectivity index (χ1n) is 5.04. The summed E-state index contributed by atoms with van der Waals surface area (Å²) in [6.45, 7) is 0.236. The predicted molar refractivity (Wildman–Crippen MR) is 60.8 cm³/mol. The van der Waals surface area contributed by atoms with Crippen molar-refractivity contribution in [2.45, 2.75) is 19.4 Å². The van der Waals surface area contributed by atoms with Crippen LogP contribution in [-0.2, 0) is 16.1 Å². The van der Waals surface area contributed by atoms with Crippen molar-refractivity contribution < 1.29 is 14.4 Å². The highest BCUT2D eigenvalue weighted by atomic mass is 32.1. The van der Waals surface area contributed by atoms with Gasteiger partial charge in [0.15, 0.2) is 0 Å². The zero-order chi connectivity index (χ0) is 12.4. The SMILES string of the molecule is NNC(=O)c1ccc(CN2C(=O)CCC2=O)s1.